The fraction of sp³-hybridized carbons (Fsp3) is 1.00. The molecule has 3 N–H and O–H groups in total. The van der Waals surface area contributed by atoms with Crippen molar-refractivity contribution in [2.24, 2.45) is 70.0 Å². The van der Waals surface area contributed by atoms with E-state index >= 15 is 0 Å². The monoisotopic (exact) mass is 722 g/mol. The molecule has 8 saturated carbocycles. The van der Waals surface area contributed by atoms with Crippen molar-refractivity contribution in [3.05, 3.63) is 0 Å². The molecule has 7 heteroatoms. The van der Waals surface area contributed by atoms with E-state index < -0.39 is 12.8 Å². The van der Waals surface area contributed by atoms with Gasteiger partial charge in [-0.05, 0) is 186 Å². The standard InChI is InChI=1S/C22H38O3.C21H36O3.CH3F/c1-21-11-9-17-16-10-12-22(25-3,14-24-2)13-15(16)7-8-18(17)19(21)5-4-6-20(21)23;1-20-10-8-16-15-9-11-21(23,13-24-2)12-14(15)6-7-17(16)18(20)4-3-5-19(20)22;1-2/h15-20,23H,4-14H2,1-3H3;14-19,22-23H,3-13H2,1-2H3;1H3/t15-,16+,17-,18-,19+,20+,21+,22-;14-,15+,16-,17-,18+,19+,20+,21-;/m11./s1/i;;1D. The SMILES string of the molecule is COC[C@@]1(O)CC[C@H]2[C@H](CC[C@@H]3[C@@H]2CC[C@]2(C)[C@@H](O)CCC[C@@H]32)C1.COC[C@@]1(OC)CC[C@H]2[C@H](CC[C@@H]3[C@@H]2CC[C@]2(C)[C@@H](O)CCC[C@@H]32)C1.[2H]CF. The largest absolute Gasteiger partial charge is 0.393 e. The predicted octanol–water partition coefficient (Wildman–Crippen LogP) is 8.77. The lowest BCUT2D eigenvalue weighted by Crippen LogP contribution is -2.55. The van der Waals surface area contributed by atoms with Crippen LogP contribution < -0.4 is 0 Å². The minimum absolute atomic E-state index is 0.0348. The van der Waals surface area contributed by atoms with E-state index in [1.165, 1.54) is 96.3 Å². The van der Waals surface area contributed by atoms with Crippen LogP contribution in [0.3, 0.4) is 0 Å². The quantitative estimate of drug-likeness (QED) is 0.263. The summed E-state index contributed by atoms with van der Waals surface area (Å²) >= 11 is 0. The van der Waals surface area contributed by atoms with E-state index in [0.29, 0.717) is 12.5 Å². The van der Waals surface area contributed by atoms with Crippen molar-refractivity contribution >= 4 is 0 Å². The normalized spacial score (nSPS) is 51.9. The number of hydrogen-bond acceptors (Lipinski definition) is 6. The number of aliphatic hydroxyl groups is 3. The Balaban J connectivity index is 0.000000166. The zero-order valence-electron chi connectivity index (χ0n) is 34.1. The molecule has 8 aliphatic rings. The number of fused-ring (bicyclic) bond motifs is 10. The predicted molar refractivity (Wildman–Crippen MR) is 201 cm³/mol. The molecule has 8 fully saturated rings. The number of methoxy groups -OCH3 is 3. The Labute approximate surface area is 312 Å². The molecule has 0 aliphatic heterocycles. The summed E-state index contributed by atoms with van der Waals surface area (Å²) in [7, 11) is 4.39. The molecule has 6 nitrogen and oxygen atoms in total. The molecule has 0 heterocycles. The molecule has 8 aliphatic carbocycles. The summed E-state index contributed by atoms with van der Waals surface area (Å²) in [5.74, 6) is 8.16. The summed E-state index contributed by atoms with van der Waals surface area (Å²) < 4.78 is 32.3. The first-order valence-corrected chi connectivity index (χ1v) is 21.4. The van der Waals surface area contributed by atoms with Gasteiger partial charge in [-0.3, -0.25) is 4.39 Å². The van der Waals surface area contributed by atoms with E-state index in [9.17, 15) is 19.7 Å². The molecule has 0 aromatic heterocycles. The van der Waals surface area contributed by atoms with Gasteiger partial charge in [0.05, 0.1) is 45.1 Å². The molecular formula is C44H77FO6. The van der Waals surface area contributed by atoms with Crippen LogP contribution in [0.5, 0.6) is 0 Å². The van der Waals surface area contributed by atoms with Gasteiger partial charge in [0.2, 0.25) is 0 Å². The van der Waals surface area contributed by atoms with Gasteiger partial charge in [0.15, 0.2) is 0 Å². The summed E-state index contributed by atoms with van der Waals surface area (Å²) in [5, 5.41) is 32.2. The van der Waals surface area contributed by atoms with Gasteiger partial charge >= 0.3 is 0 Å². The van der Waals surface area contributed by atoms with Gasteiger partial charge in [-0.2, -0.15) is 0 Å². The van der Waals surface area contributed by atoms with Crippen LogP contribution in [0, 0.1) is 70.0 Å². The molecule has 0 unspecified atom stereocenters. The Morgan fingerprint density at radius 2 is 1.06 bits per heavy atom. The molecule has 16 atom stereocenters. The third-order valence-corrected chi connectivity index (χ3v) is 17.8. The average molecular weight is 722 g/mol. The number of hydrogen-bond donors (Lipinski definition) is 3. The van der Waals surface area contributed by atoms with Gasteiger partial charge in [-0.15, -0.1) is 0 Å². The number of aliphatic hydroxyl groups excluding tert-OH is 2. The minimum Gasteiger partial charge on any atom is -0.393 e. The molecular weight excluding hydrogens is 643 g/mol. The van der Waals surface area contributed by atoms with Gasteiger partial charge < -0.3 is 29.5 Å². The maximum atomic E-state index is 10.8. The summed E-state index contributed by atoms with van der Waals surface area (Å²) in [6, 6.07) is 0. The van der Waals surface area contributed by atoms with Crippen molar-refractivity contribution < 1.29 is 35.3 Å². The lowest BCUT2D eigenvalue weighted by molar-refractivity contribution is -0.160. The van der Waals surface area contributed by atoms with E-state index in [-0.39, 0.29) is 28.6 Å². The zero-order valence-corrected chi connectivity index (χ0v) is 33.1. The van der Waals surface area contributed by atoms with Gasteiger partial charge in [-0.25, -0.2) is 0 Å². The third kappa shape index (κ3) is 7.51. The Bertz CT molecular complexity index is 1150. The number of ether oxygens (including phenoxy) is 3. The molecule has 51 heavy (non-hydrogen) atoms. The molecule has 296 valence electrons. The van der Waals surface area contributed by atoms with Crippen LogP contribution in [-0.4, -0.2) is 80.4 Å². The Hall–Kier alpha value is -0.310. The lowest BCUT2D eigenvalue weighted by Gasteiger charge is -2.60. The summed E-state index contributed by atoms with van der Waals surface area (Å²) in [4.78, 5) is 0. The summed E-state index contributed by atoms with van der Waals surface area (Å²) in [5.41, 5.74) is -0.231. The fourth-order valence-corrected chi connectivity index (χ4v) is 15.3. The maximum absolute atomic E-state index is 10.8. The van der Waals surface area contributed by atoms with Gasteiger partial charge in [0, 0.05) is 21.3 Å². The zero-order chi connectivity index (χ0) is 37.3. The van der Waals surface area contributed by atoms with E-state index in [1.807, 2.05) is 7.11 Å². The highest BCUT2D eigenvalue weighted by atomic mass is 19.1. The molecule has 0 aromatic rings. The number of alkyl halides is 1. The minimum atomic E-state index is -1.00. The smallest absolute Gasteiger partial charge is 0.0913 e. The van der Waals surface area contributed by atoms with Crippen molar-refractivity contribution in [3.63, 3.8) is 0 Å². The van der Waals surface area contributed by atoms with Crippen molar-refractivity contribution in [1.82, 2.24) is 0 Å². The first-order valence-electron chi connectivity index (χ1n) is 22.1. The highest BCUT2D eigenvalue weighted by Crippen LogP contribution is 2.63. The second kappa shape index (κ2) is 16.4. The van der Waals surface area contributed by atoms with E-state index in [2.05, 4.69) is 13.8 Å². The second-order valence-electron chi connectivity index (χ2n) is 19.8. The topological polar surface area (TPSA) is 88.4 Å². The average Bonchev–Trinajstić information content (AvgIpc) is 3.13. The van der Waals surface area contributed by atoms with Gasteiger partial charge in [0.1, 0.15) is 0 Å². The molecule has 0 amide bonds. The molecule has 0 radical (unpaired) electrons. The van der Waals surface area contributed by atoms with Crippen molar-refractivity contribution in [1.29, 1.82) is 0 Å². The molecule has 0 saturated heterocycles. The van der Waals surface area contributed by atoms with E-state index in [1.54, 1.807) is 14.2 Å². The van der Waals surface area contributed by atoms with Crippen LogP contribution in [0.25, 0.3) is 0 Å². The first-order chi connectivity index (χ1) is 24.9. The molecule has 0 aromatic carbocycles. The van der Waals surface area contributed by atoms with E-state index in [4.69, 9.17) is 15.6 Å². The highest BCUT2D eigenvalue weighted by molar-refractivity contribution is 5.08. The Morgan fingerprint density at radius 3 is 1.55 bits per heavy atom. The first kappa shape index (κ1) is 38.9. The van der Waals surface area contributed by atoms with Gasteiger partial charge in [0.25, 0.3) is 0 Å². The Morgan fingerprint density at radius 1 is 0.588 bits per heavy atom. The van der Waals surface area contributed by atoms with Crippen molar-refractivity contribution in [2.75, 3.05) is 41.7 Å². The number of halogens is 1. The highest BCUT2D eigenvalue weighted by Gasteiger charge is 2.58. The van der Waals surface area contributed by atoms with Crippen LogP contribution in [0.15, 0.2) is 0 Å². The third-order valence-electron chi connectivity index (χ3n) is 17.8. The molecule has 8 rings (SSSR count). The van der Waals surface area contributed by atoms with Crippen molar-refractivity contribution in [2.45, 2.75) is 166 Å². The van der Waals surface area contributed by atoms with Crippen molar-refractivity contribution in [3.8, 4) is 0 Å². The van der Waals surface area contributed by atoms with Gasteiger partial charge in [-0.1, -0.05) is 26.7 Å². The maximum Gasteiger partial charge on any atom is 0.0913 e. The van der Waals surface area contributed by atoms with Crippen LogP contribution in [0.1, 0.15) is 144 Å². The summed E-state index contributed by atoms with van der Waals surface area (Å²) in [6.07, 6.45) is 24.2. The fourth-order valence-electron chi connectivity index (χ4n) is 15.3. The van der Waals surface area contributed by atoms with Crippen LogP contribution in [0.2, 0.25) is 0 Å². The number of rotatable bonds is 5. The van der Waals surface area contributed by atoms with E-state index in [0.717, 1.165) is 92.0 Å². The second-order valence-corrected chi connectivity index (χ2v) is 19.8. The van der Waals surface area contributed by atoms with Crippen LogP contribution in [0.4, 0.5) is 4.39 Å². The Kier molecular flexibility index (Phi) is 12.5. The summed E-state index contributed by atoms with van der Waals surface area (Å²) in [6.45, 7) is 6.02. The molecule has 0 spiro atoms. The van der Waals surface area contributed by atoms with Crippen LogP contribution >= 0.6 is 0 Å². The van der Waals surface area contributed by atoms with Crippen LogP contribution in [-0.2, 0) is 14.2 Å². The molecule has 0 bridgehead atoms. The lowest BCUT2D eigenvalue weighted by atomic mass is 9.46.